The third-order valence-electron chi connectivity index (χ3n) is 6.48. The van der Waals surface area contributed by atoms with Crippen LogP contribution in [-0.4, -0.2) is 28.8 Å². The maximum atomic E-state index is 13.3. The van der Waals surface area contributed by atoms with E-state index in [1.54, 1.807) is 12.3 Å². The fraction of sp³-hybridized carbons (Fsp3) is 0.308. The smallest absolute Gasteiger partial charge is 0.293 e. The van der Waals surface area contributed by atoms with Gasteiger partial charge in [-0.15, -0.1) is 0 Å². The Morgan fingerprint density at radius 3 is 2.88 bits per heavy atom. The average molecular weight is 431 g/mol. The molecule has 2 atom stereocenters. The monoisotopic (exact) mass is 430 g/mol. The van der Waals surface area contributed by atoms with Crippen molar-refractivity contribution < 1.29 is 19.1 Å². The second kappa shape index (κ2) is 8.54. The maximum Gasteiger partial charge on any atom is 0.293 e. The lowest BCUT2D eigenvalue weighted by molar-refractivity contribution is -0.132. The number of carbonyl (C=O) groups excluding carboxylic acids is 2. The first-order valence-corrected chi connectivity index (χ1v) is 11.1. The number of allylic oxidation sites excluding steroid dienone is 4. The highest BCUT2D eigenvalue weighted by atomic mass is 16.5. The molecule has 3 aliphatic heterocycles. The van der Waals surface area contributed by atoms with Gasteiger partial charge in [0.2, 0.25) is 11.7 Å². The van der Waals surface area contributed by atoms with E-state index in [1.807, 2.05) is 23.1 Å². The number of fused-ring (bicyclic) bond motifs is 2. The van der Waals surface area contributed by atoms with Crippen molar-refractivity contribution in [1.82, 2.24) is 4.90 Å². The van der Waals surface area contributed by atoms with Crippen LogP contribution in [0.1, 0.15) is 54.4 Å². The molecule has 2 amide bonds. The first kappa shape index (κ1) is 20.4. The van der Waals surface area contributed by atoms with Gasteiger partial charge in [-0.1, -0.05) is 42.0 Å². The summed E-state index contributed by atoms with van der Waals surface area (Å²) < 4.78 is 11.4. The van der Waals surface area contributed by atoms with Gasteiger partial charge in [0.05, 0.1) is 6.04 Å². The molecule has 1 aromatic rings. The summed E-state index contributed by atoms with van der Waals surface area (Å²) in [7, 11) is 0. The molecule has 6 nitrogen and oxygen atoms in total. The molecule has 164 valence electrons. The molecule has 0 radical (unpaired) electrons. The van der Waals surface area contributed by atoms with Gasteiger partial charge in [0.1, 0.15) is 18.3 Å². The molecule has 5 rings (SSSR count). The Kier molecular flexibility index (Phi) is 5.43. The lowest BCUT2D eigenvalue weighted by Crippen LogP contribution is -2.44. The summed E-state index contributed by atoms with van der Waals surface area (Å²) in [5.41, 5.74) is 9.34. The summed E-state index contributed by atoms with van der Waals surface area (Å²) in [6.07, 6.45) is 16.6. The van der Waals surface area contributed by atoms with E-state index in [0.29, 0.717) is 17.7 Å². The van der Waals surface area contributed by atoms with E-state index in [1.165, 1.54) is 11.8 Å². The summed E-state index contributed by atoms with van der Waals surface area (Å²) in [5, 5.41) is 0. The molecule has 4 aliphatic rings. The SMILES string of the molecule is NC(=O)c1cccc(C2=CC3CCC(C2)N3C(=O)C2=COC=C(CC3=CC=CCC3)O2)c1. The van der Waals surface area contributed by atoms with Crippen LogP contribution in [0.2, 0.25) is 0 Å². The minimum atomic E-state index is -0.437. The van der Waals surface area contributed by atoms with E-state index in [0.717, 1.165) is 43.2 Å². The summed E-state index contributed by atoms with van der Waals surface area (Å²) in [5.74, 6) is 0.315. The average Bonchev–Trinajstić information content (AvgIpc) is 3.08. The zero-order valence-electron chi connectivity index (χ0n) is 17.8. The lowest BCUT2D eigenvalue weighted by Gasteiger charge is -2.35. The molecule has 1 aromatic carbocycles. The number of rotatable bonds is 5. The summed E-state index contributed by atoms with van der Waals surface area (Å²) in [4.78, 5) is 26.8. The molecular formula is C26H26N2O4. The topological polar surface area (TPSA) is 81.9 Å². The molecule has 3 heterocycles. The zero-order chi connectivity index (χ0) is 22.1. The van der Waals surface area contributed by atoms with Gasteiger partial charge < -0.3 is 20.1 Å². The summed E-state index contributed by atoms with van der Waals surface area (Å²) in [6, 6.07) is 7.48. The van der Waals surface area contributed by atoms with Crippen LogP contribution < -0.4 is 5.73 Å². The van der Waals surface area contributed by atoms with E-state index in [-0.39, 0.29) is 23.8 Å². The Morgan fingerprint density at radius 1 is 1.19 bits per heavy atom. The molecule has 1 saturated heterocycles. The van der Waals surface area contributed by atoms with E-state index in [9.17, 15) is 9.59 Å². The van der Waals surface area contributed by atoms with E-state index in [2.05, 4.69) is 24.3 Å². The fourth-order valence-corrected chi connectivity index (χ4v) is 4.92. The third-order valence-corrected chi connectivity index (χ3v) is 6.48. The van der Waals surface area contributed by atoms with Crippen LogP contribution in [0, 0.1) is 0 Å². The molecular weight excluding hydrogens is 404 g/mol. The molecule has 0 spiro atoms. The predicted molar refractivity (Wildman–Crippen MR) is 121 cm³/mol. The van der Waals surface area contributed by atoms with Gasteiger partial charge in [-0.05, 0) is 55.4 Å². The number of amides is 2. The number of hydrogen-bond donors (Lipinski definition) is 1. The van der Waals surface area contributed by atoms with Gasteiger partial charge in [-0.3, -0.25) is 9.59 Å². The van der Waals surface area contributed by atoms with Crippen LogP contribution in [-0.2, 0) is 14.3 Å². The van der Waals surface area contributed by atoms with Crippen molar-refractivity contribution >= 4 is 17.4 Å². The van der Waals surface area contributed by atoms with Crippen molar-refractivity contribution in [2.75, 3.05) is 0 Å². The van der Waals surface area contributed by atoms with Gasteiger partial charge in [-0.25, -0.2) is 0 Å². The van der Waals surface area contributed by atoms with Crippen LogP contribution in [0.5, 0.6) is 0 Å². The Balaban J connectivity index is 1.30. The van der Waals surface area contributed by atoms with Crippen molar-refractivity contribution in [2.24, 2.45) is 5.73 Å². The Morgan fingerprint density at radius 2 is 2.09 bits per heavy atom. The van der Waals surface area contributed by atoms with Crippen LogP contribution >= 0.6 is 0 Å². The van der Waals surface area contributed by atoms with Gasteiger partial charge in [0.25, 0.3) is 5.91 Å². The molecule has 6 heteroatoms. The number of benzene rings is 1. The first-order valence-electron chi connectivity index (χ1n) is 11.1. The van der Waals surface area contributed by atoms with Crippen LogP contribution in [0.15, 0.2) is 78.2 Å². The van der Waals surface area contributed by atoms with Crippen molar-refractivity contribution in [3.8, 4) is 0 Å². The van der Waals surface area contributed by atoms with E-state index < -0.39 is 5.91 Å². The molecule has 2 unspecified atom stereocenters. The summed E-state index contributed by atoms with van der Waals surface area (Å²) >= 11 is 0. The van der Waals surface area contributed by atoms with Crippen molar-refractivity contribution in [3.63, 3.8) is 0 Å². The van der Waals surface area contributed by atoms with Crippen molar-refractivity contribution in [2.45, 2.75) is 50.6 Å². The predicted octanol–water partition coefficient (Wildman–Crippen LogP) is 4.33. The Hall–Kier alpha value is -3.54. The van der Waals surface area contributed by atoms with Gasteiger partial charge in [-0.2, -0.15) is 0 Å². The highest BCUT2D eigenvalue weighted by Crippen LogP contribution is 2.40. The molecule has 1 fully saturated rings. The second-order valence-corrected chi connectivity index (χ2v) is 8.62. The van der Waals surface area contributed by atoms with Crippen LogP contribution in [0.3, 0.4) is 0 Å². The number of hydrogen-bond acceptors (Lipinski definition) is 4. The Labute approximate surface area is 187 Å². The maximum absolute atomic E-state index is 13.3. The largest absolute Gasteiger partial charge is 0.465 e. The van der Waals surface area contributed by atoms with Crippen LogP contribution in [0.4, 0.5) is 0 Å². The quantitative estimate of drug-likeness (QED) is 0.754. The number of primary amides is 1. The van der Waals surface area contributed by atoms with E-state index >= 15 is 0 Å². The van der Waals surface area contributed by atoms with E-state index in [4.69, 9.17) is 15.2 Å². The minimum Gasteiger partial charge on any atom is -0.465 e. The molecule has 1 aliphatic carbocycles. The molecule has 0 saturated carbocycles. The second-order valence-electron chi connectivity index (χ2n) is 8.62. The minimum absolute atomic E-state index is 0.00136. The zero-order valence-corrected chi connectivity index (χ0v) is 17.8. The van der Waals surface area contributed by atoms with Gasteiger partial charge in [0, 0.05) is 18.0 Å². The number of nitrogens with zero attached hydrogens (tertiary/aromatic N) is 1. The fourth-order valence-electron chi connectivity index (χ4n) is 4.92. The third kappa shape index (κ3) is 4.00. The highest BCUT2D eigenvalue weighted by molar-refractivity contribution is 5.95. The first-order chi connectivity index (χ1) is 15.6. The van der Waals surface area contributed by atoms with Gasteiger partial charge in [0.15, 0.2) is 0 Å². The van der Waals surface area contributed by atoms with Gasteiger partial charge >= 0.3 is 0 Å². The lowest BCUT2D eigenvalue weighted by atomic mass is 9.93. The molecule has 2 bridgehead atoms. The van der Waals surface area contributed by atoms with Crippen molar-refractivity contribution in [1.29, 1.82) is 0 Å². The normalized spacial score (nSPS) is 23.9. The molecule has 0 aromatic heterocycles. The summed E-state index contributed by atoms with van der Waals surface area (Å²) in [6.45, 7) is 0. The Bertz CT molecular complexity index is 1110. The molecule has 32 heavy (non-hydrogen) atoms. The highest BCUT2D eigenvalue weighted by Gasteiger charge is 2.41. The van der Waals surface area contributed by atoms with Crippen LogP contribution in [0.25, 0.3) is 5.57 Å². The number of nitrogens with two attached hydrogens (primary N) is 1. The standard InChI is InChI=1S/C26H26N2O4/c27-25(29)19-8-4-7-18(12-19)20-13-21-9-10-22(14-20)28(21)26(30)24-16-31-15-23(32-24)11-17-5-2-1-3-6-17/h1-2,4-5,7-8,12-13,15-16,21-22H,3,6,9-11,14H2,(H2,27,29). The number of ether oxygens (including phenoxy) is 2. The molecule has 2 N–H and O–H groups in total. The van der Waals surface area contributed by atoms with Crippen molar-refractivity contribution in [3.05, 3.63) is 89.3 Å². The number of carbonyl (C=O) groups is 2.